The van der Waals surface area contributed by atoms with E-state index in [2.05, 4.69) is 39.4 Å². The van der Waals surface area contributed by atoms with Gasteiger partial charge < -0.3 is 15.5 Å². The molecule has 11 heteroatoms. The molecule has 0 aromatic carbocycles. The van der Waals surface area contributed by atoms with Crippen LogP contribution in [0.2, 0.25) is 0 Å². The Morgan fingerprint density at radius 1 is 1.22 bits per heavy atom. The number of carbonyl (C=O) groups excluding carboxylic acids is 2. The van der Waals surface area contributed by atoms with Crippen LogP contribution in [0.1, 0.15) is 61.8 Å². The number of halogens is 4. The second kappa shape index (κ2) is 18.4. The molecule has 7 nitrogen and oxygen atoms in total. The van der Waals surface area contributed by atoms with Gasteiger partial charge in [0.25, 0.3) is 0 Å². The summed E-state index contributed by atoms with van der Waals surface area (Å²) in [6.07, 6.45) is 5.73. The number of hydrogen-bond acceptors (Lipinski definition) is 4. The second-order valence-electron chi connectivity index (χ2n) is 10.2. The third-order valence-corrected chi connectivity index (χ3v) is 6.60. The van der Waals surface area contributed by atoms with Gasteiger partial charge in [0.2, 0.25) is 5.91 Å². The minimum absolute atomic E-state index is 0.106. The molecule has 0 aromatic rings. The molecule has 0 radical (unpaired) electrons. The van der Waals surface area contributed by atoms with Crippen molar-refractivity contribution in [2.75, 3.05) is 26.2 Å². The number of allylic oxidation sites excluding steroid dienone is 6. The molecule has 0 saturated heterocycles. The van der Waals surface area contributed by atoms with Crippen molar-refractivity contribution in [2.45, 2.75) is 74.0 Å². The summed E-state index contributed by atoms with van der Waals surface area (Å²) in [4.78, 5) is 30.2. The van der Waals surface area contributed by atoms with E-state index in [9.17, 15) is 22.8 Å². The van der Waals surface area contributed by atoms with E-state index in [-0.39, 0.29) is 18.5 Å². The smallest absolute Gasteiger partial charge is 0.403 e. The van der Waals surface area contributed by atoms with Crippen LogP contribution < -0.4 is 5.73 Å². The molecule has 1 aliphatic heterocycles. The Hall–Kier alpha value is -3.01. The molecule has 0 bridgehead atoms. The zero-order valence-corrected chi connectivity index (χ0v) is 26.4. The van der Waals surface area contributed by atoms with E-state index in [1.807, 2.05) is 37.0 Å². The van der Waals surface area contributed by atoms with Gasteiger partial charge in [-0.1, -0.05) is 82.7 Å². The van der Waals surface area contributed by atoms with Crippen LogP contribution >= 0.6 is 11.6 Å². The van der Waals surface area contributed by atoms with Gasteiger partial charge in [0.1, 0.15) is 6.04 Å². The Bertz CT molecular complexity index is 1030. The van der Waals surface area contributed by atoms with Crippen molar-refractivity contribution in [3.8, 4) is 0 Å². The molecule has 41 heavy (non-hydrogen) atoms. The predicted octanol–water partition coefficient (Wildman–Crippen LogP) is 7.24. The van der Waals surface area contributed by atoms with E-state index in [4.69, 9.17) is 17.3 Å². The molecule has 1 aliphatic rings. The number of carbonyl (C=O) groups is 2. The largest absolute Gasteiger partial charge is 0.412 e. The molecule has 0 spiro atoms. The van der Waals surface area contributed by atoms with Crippen LogP contribution in [-0.2, 0) is 4.79 Å². The maximum Gasteiger partial charge on any atom is 0.412 e. The highest BCUT2D eigenvalue weighted by Crippen LogP contribution is 2.25. The average molecular weight is 602 g/mol. The molecule has 0 aliphatic carbocycles. The summed E-state index contributed by atoms with van der Waals surface area (Å²) in [6.45, 7) is 20.0. The molecule has 2 unspecified atom stereocenters. The van der Waals surface area contributed by atoms with Gasteiger partial charge in [0.05, 0.1) is 17.3 Å². The molecule has 2 N–H and O–H groups in total. The third kappa shape index (κ3) is 12.6. The molecule has 0 aromatic heterocycles. The fourth-order valence-electron chi connectivity index (χ4n) is 3.74. The van der Waals surface area contributed by atoms with Crippen molar-refractivity contribution in [1.29, 1.82) is 0 Å². The Morgan fingerprint density at radius 2 is 1.83 bits per heavy atom. The summed E-state index contributed by atoms with van der Waals surface area (Å²) in [7, 11) is 0. The number of alkyl halides is 3. The number of amides is 3. The zero-order valence-electron chi connectivity index (χ0n) is 25.6. The fraction of sp³-hybridized carbons (Fsp3) is 0.567. The first-order valence-corrected chi connectivity index (χ1v) is 14.1. The van der Waals surface area contributed by atoms with Gasteiger partial charge in [0, 0.05) is 37.0 Å². The highest BCUT2D eigenvalue weighted by molar-refractivity contribution is 6.36. The van der Waals surface area contributed by atoms with Gasteiger partial charge in [-0.05, 0) is 39.5 Å². The van der Waals surface area contributed by atoms with Crippen molar-refractivity contribution in [1.82, 2.24) is 14.8 Å². The highest BCUT2D eigenvalue weighted by atomic mass is 35.5. The normalized spacial score (nSPS) is 16.9. The Morgan fingerprint density at radius 3 is 2.24 bits per heavy atom. The quantitative estimate of drug-likeness (QED) is 0.189. The summed E-state index contributed by atoms with van der Waals surface area (Å²) in [6, 6.07) is -1.04. The highest BCUT2D eigenvalue weighted by Gasteiger charge is 2.36. The van der Waals surface area contributed by atoms with Crippen LogP contribution in [0.5, 0.6) is 0 Å². The number of rotatable bonds is 12. The van der Waals surface area contributed by atoms with Gasteiger partial charge in [-0.15, -0.1) is 0 Å². The standard InChI is InChI=1S/C24H40ClN5O2.C6H7F3/c1-8-11-12-28-16-22(20(10-3)21(25)13-26)27-30(24(28)32)19(7)23(31)29(14-17(4)5)15-18(6)9-2;1-3-4-5(2)6(7,8)9/h8,10-11,13,17-19H,9,12,14-16,26H2,1-7H3;3-4H,1H2,2H3/b11-8-,20-10+,21-13+;5-4+. The molecule has 1 rings (SSSR count). The van der Waals surface area contributed by atoms with E-state index in [1.165, 1.54) is 11.2 Å². The Kier molecular flexibility index (Phi) is 17.1. The maximum atomic E-state index is 13.5. The van der Waals surface area contributed by atoms with Crippen molar-refractivity contribution >= 4 is 29.3 Å². The number of urea groups is 1. The lowest BCUT2D eigenvalue weighted by atomic mass is 10.1. The van der Waals surface area contributed by atoms with E-state index in [0.29, 0.717) is 47.8 Å². The molecule has 3 amide bonds. The van der Waals surface area contributed by atoms with E-state index in [0.717, 1.165) is 25.5 Å². The topological polar surface area (TPSA) is 82.2 Å². The fourth-order valence-corrected chi connectivity index (χ4v) is 3.96. The first-order valence-electron chi connectivity index (χ1n) is 13.8. The van der Waals surface area contributed by atoms with Crippen LogP contribution in [0, 0.1) is 11.8 Å². The third-order valence-electron chi connectivity index (χ3n) is 6.27. The van der Waals surface area contributed by atoms with Gasteiger partial charge >= 0.3 is 12.2 Å². The Labute approximate surface area is 248 Å². The molecule has 2 atom stereocenters. The van der Waals surface area contributed by atoms with Crippen LogP contribution in [0.4, 0.5) is 18.0 Å². The maximum absolute atomic E-state index is 13.5. The number of hydrogen-bond donors (Lipinski definition) is 1. The van der Waals surface area contributed by atoms with Gasteiger partial charge in [-0.2, -0.15) is 18.3 Å². The molecular weight excluding hydrogens is 555 g/mol. The van der Waals surface area contributed by atoms with E-state index in [1.54, 1.807) is 11.8 Å². The average Bonchev–Trinajstić information content (AvgIpc) is 2.91. The van der Waals surface area contributed by atoms with Crippen LogP contribution in [0.3, 0.4) is 0 Å². The van der Waals surface area contributed by atoms with Crippen LogP contribution in [0.25, 0.3) is 0 Å². The minimum atomic E-state index is -4.20. The lowest BCUT2D eigenvalue weighted by Gasteiger charge is -2.38. The van der Waals surface area contributed by atoms with Crippen molar-refractivity contribution in [2.24, 2.45) is 22.7 Å². The number of hydrazone groups is 1. The van der Waals surface area contributed by atoms with Gasteiger partial charge in [-0.3, -0.25) is 4.79 Å². The lowest BCUT2D eigenvalue weighted by Crippen LogP contribution is -2.56. The summed E-state index contributed by atoms with van der Waals surface area (Å²) in [5.41, 5.74) is 6.25. The second-order valence-corrected chi connectivity index (χ2v) is 10.7. The van der Waals surface area contributed by atoms with Crippen LogP contribution in [-0.4, -0.2) is 70.9 Å². The minimum Gasteiger partial charge on any atom is -0.403 e. The van der Waals surface area contributed by atoms with E-state index < -0.39 is 17.8 Å². The summed E-state index contributed by atoms with van der Waals surface area (Å²) in [5.74, 6) is 0.585. The predicted molar refractivity (Wildman–Crippen MR) is 163 cm³/mol. The summed E-state index contributed by atoms with van der Waals surface area (Å²) >= 11 is 6.30. The molecule has 0 fully saturated rings. The zero-order chi connectivity index (χ0) is 31.9. The molecule has 0 saturated carbocycles. The summed E-state index contributed by atoms with van der Waals surface area (Å²) < 4.78 is 34.6. The summed E-state index contributed by atoms with van der Waals surface area (Å²) in [5, 5.41) is 6.22. The SMILES string of the molecule is C/C=C\CN1CC(C(=C/C)/C(Cl)=C\N)=NN(C(C)C(=O)N(CC(C)C)CC(C)CC)C1=O.C=C/C=C(\C)C(F)(F)F. The lowest BCUT2D eigenvalue weighted by molar-refractivity contribution is -0.136. The number of nitrogens with two attached hydrogens (primary N) is 1. The monoisotopic (exact) mass is 601 g/mol. The number of nitrogens with zero attached hydrogens (tertiary/aromatic N) is 4. The van der Waals surface area contributed by atoms with Crippen molar-refractivity contribution in [3.05, 3.63) is 59.3 Å². The van der Waals surface area contributed by atoms with Crippen molar-refractivity contribution in [3.63, 3.8) is 0 Å². The van der Waals surface area contributed by atoms with Gasteiger partial charge in [0.15, 0.2) is 0 Å². The van der Waals surface area contributed by atoms with E-state index >= 15 is 0 Å². The molecule has 232 valence electrons. The van der Waals surface area contributed by atoms with Gasteiger partial charge in [-0.25, -0.2) is 9.80 Å². The molecular formula is C30H47ClF3N5O2. The first-order chi connectivity index (χ1) is 19.1. The van der Waals surface area contributed by atoms with Crippen LogP contribution in [0.15, 0.2) is 64.4 Å². The van der Waals surface area contributed by atoms with Crippen molar-refractivity contribution < 1.29 is 22.8 Å². The first kappa shape index (κ1) is 38.0. The molecule has 1 heterocycles. The Balaban J connectivity index is 0.00000152.